The van der Waals surface area contributed by atoms with Crippen LogP contribution in [0.4, 0.5) is 0 Å². The van der Waals surface area contributed by atoms with E-state index in [1.54, 1.807) is 0 Å². The molecule has 0 saturated heterocycles. The Kier molecular flexibility index (Phi) is 10.4. The fourth-order valence-electron chi connectivity index (χ4n) is 9.46. The van der Waals surface area contributed by atoms with Gasteiger partial charge in [0, 0.05) is 25.2 Å². The van der Waals surface area contributed by atoms with Gasteiger partial charge in [0.05, 0.1) is 24.4 Å². The zero-order chi connectivity index (χ0) is 26.6. The summed E-state index contributed by atoms with van der Waals surface area (Å²) in [4.78, 5) is 0. The maximum Gasteiger partial charge on any atom is 0.0638 e. The summed E-state index contributed by atoms with van der Waals surface area (Å²) < 4.78 is 19.8. The monoisotopic (exact) mass is 523 g/mol. The van der Waals surface area contributed by atoms with Gasteiger partial charge in [0.1, 0.15) is 0 Å². The van der Waals surface area contributed by atoms with E-state index in [1.807, 2.05) is 6.92 Å². The second-order valence-corrected chi connectivity index (χ2v) is 13.2. The topological polar surface area (TPSA) is 126 Å². The van der Waals surface area contributed by atoms with Gasteiger partial charge in [-0.2, -0.15) is 0 Å². The van der Waals surface area contributed by atoms with Crippen molar-refractivity contribution in [3.63, 3.8) is 0 Å². The first-order valence-corrected chi connectivity index (χ1v) is 15.4. The molecule has 4 saturated carbocycles. The highest BCUT2D eigenvalue weighted by Crippen LogP contribution is 2.68. The van der Waals surface area contributed by atoms with Crippen LogP contribution in [0.1, 0.15) is 85.0 Å². The van der Waals surface area contributed by atoms with Crippen molar-refractivity contribution in [3.05, 3.63) is 0 Å². The molecular formula is C30H57N3O4. The largest absolute Gasteiger partial charge is 0.393 e. The summed E-state index contributed by atoms with van der Waals surface area (Å²) in [5.41, 5.74) is 17.6. The molecule has 1 unspecified atom stereocenters. The van der Waals surface area contributed by atoms with Crippen LogP contribution in [0.3, 0.4) is 0 Å². The van der Waals surface area contributed by atoms with E-state index >= 15 is 0 Å². The summed E-state index contributed by atoms with van der Waals surface area (Å²) >= 11 is 0. The second kappa shape index (κ2) is 12.9. The number of hydrogen-bond donors (Lipinski definition) is 4. The van der Waals surface area contributed by atoms with Crippen molar-refractivity contribution in [2.75, 3.05) is 39.5 Å². The normalized spacial score (nSPS) is 44.2. The number of aliphatic hydroxyl groups is 1. The van der Waals surface area contributed by atoms with Gasteiger partial charge in [0.25, 0.3) is 0 Å². The fraction of sp³-hybridized carbons (Fsp3) is 1.00. The van der Waals surface area contributed by atoms with Crippen LogP contribution in [0.25, 0.3) is 0 Å². The van der Waals surface area contributed by atoms with E-state index < -0.39 is 0 Å². The molecule has 11 atom stereocenters. The highest BCUT2D eigenvalue weighted by molar-refractivity contribution is 5.15. The van der Waals surface area contributed by atoms with Crippen molar-refractivity contribution < 1.29 is 19.3 Å². The second-order valence-electron chi connectivity index (χ2n) is 13.2. The Morgan fingerprint density at radius 3 is 2.11 bits per heavy atom. The molecule has 4 aliphatic rings. The van der Waals surface area contributed by atoms with Crippen molar-refractivity contribution >= 4 is 0 Å². The van der Waals surface area contributed by atoms with E-state index in [0.29, 0.717) is 56.0 Å². The van der Waals surface area contributed by atoms with Gasteiger partial charge in [-0.25, -0.2) is 0 Å². The molecule has 0 bridgehead atoms. The van der Waals surface area contributed by atoms with Crippen LogP contribution in [0, 0.1) is 40.4 Å². The van der Waals surface area contributed by atoms with Crippen LogP contribution in [-0.2, 0) is 14.2 Å². The third-order valence-corrected chi connectivity index (χ3v) is 11.4. The number of aliphatic hydroxyl groups excluding tert-OH is 1. The Hall–Kier alpha value is -0.280. The molecule has 7 heteroatoms. The van der Waals surface area contributed by atoms with Crippen molar-refractivity contribution in [3.8, 4) is 0 Å². The lowest BCUT2D eigenvalue weighted by Crippen LogP contribution is -2.63. The third-order valence-electron chi connectivity index (χ3n) is 11.4. The number of nitrogens with two attached hydrogens (primary N) is 3. The predicted octanol–water partition coefficient (Wildman–Crippen LogP) is 3.45. The zero-order valence-corrected chi connectivity index (χ0v) is 23.9. The molecule has 37 heavy (non-hydrogen) atoms. The lowest BCUT2D eigenvalue weighted by atomic mass is 9.43. The molecule has 0 aromatic heterocycles. The third kappa shape index (κ3) is 5.79. The van der Waals surface area contributed by atoms with Gasteiger partial charge < -0.3 is 36.5 Å². The van der Waals surface area contributed by atoms with Gasteiger partial charge in [-0.1, -0.05) is 13.8 Å². The van der Waals surface area contributed by atoms with E-state index in [2.05, 4.69) is 13.8 Å². The van der Waals surface area contributed by atoms with E-state index in [4.69, 9.17) is 31.4 Å². The van der Waals surface area contributed by atoms with Crippen LogP contribution in [0.5, 0.6) is 0 Å². The summed E-state index contributed by atoms with van der Waals surface area (Å²) in [5.74, 6) is 2.44. The Labute approximate surface area is 225 Å². The van der Waals surface area contributed by atoms with Gasteiger partial charge >= 0.3 is 0 Å². The minimum Gasteiger partial charge on any atom is -0.393 e. The summed E-state index contributed by atoms with van der Waals surface area (Å²) in [7, 11) is 0. The SMILES string of the molecule is CC(O)[C@H]1CC[C@H]2[C@@H]3[C@H](OCCCN)C[C@@H]4C[C@H](OCCCN)CC[C@]4(C)[C@H]3C[C@H](OCCCN)[C@]12C. The van der Waals surface area contributed by atoms with Crippen LogP contribution in [0.15, 0.2) is 0 Å². The molecule has 0 amide bonds. The molecule has 0 aromatic carbocycles. The van der Waals surface area contributed by atoms with Crippen LogP contribution >= 0.6 is 0 Å². The van der Waals surface area contributed by atoms with Gasteiger partial charge in [-0.15, -0.1) is 0 Å². The Morgan fingerprint density at radius 1 is 0.811 bits per heavy atom. The molecule has 0 aliphatic heterocycles. The average Bonchev–Trinajstić information content (AvgIpc) is 3.23. The highest BCUT2D eigenvalue weighted by Gasteiger charge is 2.66. The van der Waals surface area contributed by atoms with Crippen molar-refractivity contribution in [2.45, 2.75) is 109 Å². The predicted molar refractivity (Wildman–Crippen MR) is 148 cm³/mol. The number of fused-ring (bicyclic) bond motifs is 5. The van der Waals surface area contributed by atoms with Crippen molar-refractivity contribution in [1.82, 2.24) is 0 Å². The molecule has 0 aromatic rings. The maximum atomic E-state index is 10.9. The molecule has 0 heterocycles. The molecule has 0 spiro atoms. The van der Waals surface area contributed by atoms with Gasteiger partial charge in [-0.3, -0.25) is 0 Å². The Morgan fingerprint density at radius 2 is 1.46 bits per heavy atom. The Bertz CT molecular complexity index is 710. The highest BCUT2D eigenvalue weighted by atomic mass is 16.5. The molecule has 4 aliphatic carbocycles. The number of hydrogen-bond acceptors (Lipinski definition) is 7. The average molecular weight is 524 g/mol. The fourth-order valence-corrected chi connectivity index (χ4v) is 9.46. The standard InChI is InChI=1S/C30H57N3O4/c1-20(34)23-7-8-24-28-25(19-27(30(23,24)3)37-16-6-13-33)29(2)10-9-22(35-14-4-11-31)17-21(29)18-26(28)36-15-5-12-32/h20-28,34H,4-19,31-33H2,1-3H3/t20?,21-,22+,23+,24-,25-,26+,27-,28-,29-,30+/m0/s1. The summed E-state index contributed by atoms with van der Waals surface area (Å²) in [6.07, 6.45) is 11.0. The first-order valence-electron chi connectivity index (χ1n) is 15.4. The van der Waals surface area contributed by atoms with Gasteiger partial charge in [0.15, 0.2) is 0 Å². The van der Waals surface area contributed by atoms with Crippen LogP contribution < -0.4 is 17.2 Å². The van der Waals surface area contributed by atoms with E-state index in [-0.39, 0.29) is 35.1 Å². The van der Waals surface area contributed by atoms with Crippen molar-refractivity contribution in [1.29, 1.82) is 0 Å². The molecular weight excluding hydrogens is 466 g/mol. The molecule has 7 N–H and O–H groups in total. The molecule has 0 radical (unpaired) electrons. The zero-order valence-electron chi connectivity index (χ0n) is 23.9. The first kappa shape index (κ1) is 29.7. The van der Waals surface area contributed by atoms with Crippen molar-refractivity contribution in [2.24, 2.45) is 57.6 Å². The van der Waals surface area contributed by atoms with E-state index in [1.165, 1.54) is 6.42 Å². The summed E-state index contributed by atoms with van der Waals surface area (Å²) in [5, 5.41) is 10.9. The lowest BCUT2D eigenvalue weighted by molar-refractivity contribution is -0.229. The van der Waals surface area contributed by atoms with E-state index in [0.717, 1.165) is 71.0 Å². The Balaban J connectivity index is 1.63. The van der Waals surface area contributed by atoms with Gasteiger partial charge in [-0.05, 0) is 126 Å². The number of rotatable bonds is 13. The number of ether oxygens (including phenoxy) is 3. The van der Waals surface area contributed by atoms with E-state index in [9.17, 15) is 5.11 Å². The molecule has 4 rings (SSSR count). The smallest absolute Gasteiger partial charge is 0.0638 e. The maximum absolute atomic E-state index is 10.9. The molecule has 4 fully saturated rings. The minimum atomic E-state index is -0.322. The first-order chi connectivity index (χ1) is 17.8. The molecule has 7 nitrogen and oxygen atoms in total. The lowest BCUT2D eigenvalue weighted by Gasteiger charge is -2.64. The molecule has 216 valence electrons. The van der Waals surface area contributed by atoms with Crippen LogP contribution in [0.2, 0.25) is 0 Å². The van der Waals surface area contributed by atoms with Crippen LogP contribution in [-0.4, -0.2) is 69.0 Å². The summed E-state index contributed by atoms with van der Waals surface area (Å²) in [6, 6.07) is 0. The van der Waals surface area contributed by atoms with Gasteiger partial charge in [0.2, 0.25) is 0 Å². The minimum absolute atomic E-state index is 0.0366. The quantitative estimate of drug-likeness (QED) is 0.272. The summed E-state index contributed by atoms with van der Waals surface area (Å²) in [6.45, 7) is 11.2.